The second-order valence-corrected chi connectivity index (χ2v) is 3.10. The lowest BCUT2D eigenvalue weighted by Crippen LogP contribution is -2.09. The molecule has 2 N–H and O–H groups in total. The van der Waals surface area contributed by atoms with Gasteiger partial charge in [0.05, 0.1) is 16.3 Å². The maximum atomic E-state index is 12.2. The molecule has 0 aliphatic rings. The monoisotopic (exact) mass is 296 g/mol. The van der Waals surface area contributed by atoms with Crippen LogP contribution in [-0.2, 0) is 12.6 Å². The summed E-state index contributed by atoms with van der Waals surface area (Å²) >= 11 is 5.60. The van der Waals surface area contributed by atoms with Crippen LogP contribution in [0.5, 0.6) is 0 Å². The highest BCUT2D eigenvalue weighted by Gasteiger charge is 2.31. The van der Waals surface area contributed by atoms with Gasteiger partial charge < -0.3 is 5.73 Å². The van der Waals surface area contributed by atoms with Crippen molar-refractivity contribution in [1.82, 2.24) is 4.98 Å². The standard InChI is InChI=1S/C8H8ClF3N2.2ClH/c9-6-3-5(8(10,11)12)4-14-7(6)1-2-13;;/h3-4H,1-2,13H2;2*1H. The van der Waals surface area contributed by atoms with Crippen LogP contribution in [0.4, 0.5) is 13.2 Å². The van der Waals surface area contributed by atoms with E-state index < -0.39 is 11.7 Å². The number of pyridine rings is 1. The van der Waals surface area contributed by atoms with E-state index in [9.17, 15) is 13.2 Å². The van der Waals surface area contributed by atoms with Gasteiger partial charge in [0, 0.05) is 12.6 Å². The minimum atomic E-state index is -4.40. The second kappa shape index (κ2) is 7.17. The Morgan fingerprint density at radius 3 is 2.25 bits per heavy atom. The van der Waals surface area contributed by atoms with Crippen LogP contribution >= 0.6 is 36.4 Å². The summed E-state index contributed by atoms with van der Waals surface area (Å²) in [6, 6.07) is 0.861. The van der Waals surface area contributed by atoms with E-state index in [1.807, 2.05) is 0 Å². The zero-order valence-electron chi connectivity index (χ0n) is 7.92. The van der Waals surface area contributed by atoms with Crippen LogP contribution in [-0.4, -0.2) is 11.5 Å². The minimum absolute atomic E-state index is 0. The molecule has 0 unspecified atom stereocenters. The molecule has 8 heteroatoms. The van der Waals surface area contributed by atoms with Gasteiger partial charge in [0.2, 0.25) is 0 Å². The molecule has 1 rings (SSSR count). The lowest BCUT2D eigenvalue weighted by Gasteiger charge is -2.08. The normalized spacial score (nSPS) is 10.3. The van der Waals surface area contributed by atoms with Crippen LogP contribution in [0.1, 0.15) is 11.3 Å². The number of nitrogens with two attached hydrogens (primary N) is 1. The maximum absolute atomic E-state index is 12.2. The van der Waals surface area contributed by atoms with Gasteiger partial charge in [-0.25, -0.2) is 0 Å². The highest BCUT2D eigenvalue weighted by atomic mass is 35.5. The van der Waals surface area contributed by atoms with Crippen LogP contribution < -0.4 is 5.73 Å². The number of nitrogens with zero attached hydrogens (tertiary/aromatic N) is 1. The summed E-state index contributed by atoms with van der Waals surface area (Å²) in [4.78, 5) is 3.60. The van der Waals surface area contributed by atoms with E-state index in [1.54, 1.807) is 0 Å². The smallest absolute Gasteiger partial charge is 0.330 e. The van der Waals surface area contributed by atoms with Crippen molar-refractivity contribution in [1.29, 1.82) is 0 Å². The van der Waals surface area contributed by atoms with Crippen molar-refractivity contribution in [2.24, 2.45) is 5.73 Å². The molecule has 0 aliphatic carbocycles. The van der Waals surface area contributed by atoms with Crippen LogP contribution in [0.15, 0.2) is 12.3 Å². The Balaban J connectivity index is 0. The summed E-state index contributed by atoms with van der Waals surface area (Å²) in [5.41, 5.74) is 4.78. The zero-order chi connectivity index (χ0) is 10.8. The Bertz CT molecular complexity index is 331. The molecule has 0 atom stereocenters. The largest absolute Gasteiger partial charge is 0.417 e. The number of rotatable bonds is 2. The Kier molecular flexibility index (Phi) is 8.13. The van der Waals surface area contributed by atoms with Gasteiger partial charge in [-0.3, -0.25) is 4.98 Å². The molecule has 0 spiro atoms. The molecule has 0 bridgehead atoms. The fourth-order valence-corrected chi connectivity index (χ4v) is 1.20. The summed E-state index contributed by atoms with van der Waals surface area (Å²) in [7, 11) is 0. The predicted octanol–water partition coefficient (Wildman–Crippen LogP) is 3.10. The summed E-state index contributed by atoms with van der Waals surface area (Å²) in [5.74, 6) is 0. The first-order chi connectivity index (χ1) is 6.45. The van der Waals surface area contributed by atoms with Crippen molar-refractivity contribution in [2.45, 2.75) is 12.6 Å². The van der Waals surface area contributed by atoms with Crippen molar-refractivity contribution in [3.63, 3.8) is 0 Å². The molecule has 0 amide bonds. The van der Waals surface area contributed by atoms with E-state index in [1.165, 1.54) is 0 Å². The van der Waals surface area contributed by atoms with E-state index in [0.717, 1.165) is 12.3 Å². The Labute approximate surface area is 108 Å². The van der Waals surface area contributed by atoms with E-state index >= 15 is 0 Å². The van der Waals surface area contributed by atoms with Crippen molar-refractivity contribution >= 4 is 36.4 Å². The molecule has 1 aromatic rings. The molecular weight excluding hydrogens is 287 g/mol. The quantitative estimate of drug-likeness (QED) is 0.911. The minimum Gasteiger partial charge on any atom is -0.330 e. The number of hydrogen-bond donors (Lipinski definition) is 1. The average Bonchev–Trinajstić information content (AvgIpc) is 2.07. The lowest BCUT2D eigenvalue weighted by molar-refractivity contribution is -0.137. The molecule has 0 fully saturated rings. The maximum Gasteiger partial charge on any atom is 0.417 e. The SMILES string of the molecule is Cl.Cl.NCCc1ncc(C(F)(F)F)cc1Cl. The summed E-state index contributed by atoms with van der Waals surface area (Å²) in [6.07, 6.45) is -3.27. The lowest BCUT2D eigenvalue weighted by atomic mass is 10.2. The van der Waals surface area contributed by atoms with Crippen LogP contribution in [0, 0.1) is 0 Å². The van der Waals surface area contributed by atoms with Gasteiger partial charge >= 0.3 is 6.18 Å². The molecule has 1 heterocycles. The molecule has 0 radical (unpaired) electrons. The fourth-order valence-electron chi connectivity index (χ4n) is 0.942. The van der Waals surface area contributed by atoms with Crippen molar-refractivity contribution in [3.8, 4) is 0 Å². The highest BCUT2D eigenvalue weighted by Crippen LogP contribution is 2.30. The van der Waals surface area contributed by atoms with Gasteiger partial charge in [-0.05, 0) is 12.6 Å². The first-order valence-corrected chi connectivity index (χ1v) is 4.24. The number of halogens is 6. The van der Waals surface area contributed by atoms with Crippen molar-refractivity contribution in [3.05, 3.63) is 28.5 Å². The van der Waals surface area contributed by atoms with Gasteiger partial charge in [0.15, 0.2) is 0 Å². The molecule has 0 aliphatic heterocycles. The first kappa shape index (κ1) is 18.1. The summed E-state index contributed by atoms with van der Waals surface area (Å²) in [6.45, 7) is 0.304. The molecule has 2 nitrogen and oxygen atoms in total. The van der Waals surface area contributed by atoms with Crippen molar-refractivity contribution < 1.29 is 13.2 Å². The zero-order valence-corrected chi connectivity index (χ0v) is 10.3. The van der Waals surface area contributed by atoms with Crippen LogP contribution in [0.3, 0.4) is 0 Å². The molecule has 1 aromatic heterocycles. The van der Waals surface area contributed by atoms with E-state index in [4.69, 9.17) is 17.3 Å². The number of alkyl halides is 3. The van der Waals surface area contributed by atoms with Crippen LogP contribution in [0.2, 0.25) is 5.02 Å². The average molecular weight is 298 g/mol. The fraction of sp³-hybridized carbons (Fsp3) is 0.375. The van der Waals surface area contributed by atoms with Gasteiger partial charge in [0.25, 0.3) is 0 Å². The van der Waals surface area contributed by atoms with Gasteiger partial charge in [-0.1, -0.05) is 11.6 Å². The van der Waals surface area contributed by atoms with Gasteiger partial charge in [-0.2, -0.15) is 13.2 Å². The topological polar surface area (TPSA) is 38.9 Å². The Morgan fingerprint density at radius 2 is 1.88 bits per heavy atom. The van der Waals surface area contributed by atoms with E-state index in [0.29, 0.717) is 18.7 Å². The second-order valence-electron chi connectivity index (χ2n) is 2.69. The third-order valence-corrected chi connectivity index (χ3v) is 1.95. The molecular formula is C8H10Cl3F3N2. The first-order valence-electron chi connectivity index (χ1n) is 3.87. The molecule has 94 valence electrons. The van der Waals surface area contributed by atoms with Crippen LogP contribution in [0.25, 0.3) is 0 Å². The number of hydrogen-bond acceptors (Lipinski definition) is 2. The molecule has 0 saturated heterocycles. The Hall–Kier alpha value is -0.230. The van der Waals surface area contributed by atoms with E-state index in [-0.39, 0.29) is 29.8 Å². The van der Waals surface area contributed by atoms with Crippen molar-refractivity contribution in [2.75, 3.05) is 6.54 Å². The van der Waals surface area contributed by atoms with Gasteiger partial charge in [-0.15, -0.1) is 24.8 Å². The summed E-state index contributed by atoms with van der Waals surface area (Å²) in [5, 5.41) is 0.00488. The third kappa shape index (κ3) is 4.74. The predicted molar refractivity (Wildman–Crippen MR) is 61.5 cm³/mol. The Morgan fingerprint density at radius 1 is 1.31 bits per heavy atom. The molecule has 0 aromatic carbocycles. The third-order valence-electron chi connectivity index (χ3n) is 1.63. The van der Waals surface area contributed by atoms with E-state index in [2.05, 4.69) is 4.98 Å². The molecule has 0 saturated carbocycles. The van der Waals surface area contributed by atoms with Gasteiger partial charge in [0.1, 0.15) is 0 Å². The highest BCUT2D eigenvalue weighted by molar-refractivity contribution is 6.31. The number of aromatic nitrogens is 1. The molecule has 16 heavy (non-hydrogen) atoms. The summed E-state index contributed by atoms with van der Waals surface area (Å²) < 4.78 is 36.5.